The van der Waals surface area contributed by atoms with Crippen molar-refractivity contribution in [3.8, 4) is 17.3 Å². The van der Waals surface area contributed by atoms with Crippen LogP contribution in [0.3, 0.4) is 0 Å². The third kappa shape index (κ3) is 2.10. The Morgan fingerprint density at radius 1 is 1.07 bits per heavy atom. The SMILES string of the molecule is CCOc1ncccc1-c1ncccn1. The van der Waals surface area contributed by atoms with Gasteiger partial charge in [-0.15, -0.1) is 0 Å². The fourth-order valence-electron chi connectivity index (χ4n) is 1.25. The second-order valence-electron chi connectivity index (χ2n) is 2.86. The molecule has 0 spiro atoms. The zero-order valence-corrected chi connectivity index (χ0v) is 8.42. The molecule has 15 heavy (non-hydrogen) atoms. The molecule has 0 unspecified atom stereocenters. The van der Waals surface area contributed by atoms with Crippen molar-refractivity contribution in [3.63, 3.8) is 0 Å². The molecule has 0 fully saturated rings. The molecule has 0 radical (unpaired) electrons. The van der Waals surface area contributed by atoms with Gasteiger partial charge in [-0.1, -0.05) is 0 Å². The third-order valence-electron chi connectivity index (χ3n) is 1.86. The number of aromatic nitrogens is 3. The Hall–Kier alpha value is -1.97. The first-order valence-corrected chi connectivity index (χ1v) is 4.77. The summed E-state index contributed by atoms with van der Waals surface area (Å²) < 4.78 is 5.40. The number of hydrogen-bond donors (Lipinski definition) is 0. The molecular weight excluding hydrogens is 190 g/mol. The van der Waals surface area contributed by atoms with E-state index in [1.165, 1.54) is 0 Å². The van der Waals surface area contributed by atoms with Crippen LogP contribution >= 0.6 is 0 Å². The topological polar surface area (TPSA) is 47.9 Å². The maximum absolute atomic E-state index is 5.40. The molecule has 0 saturated carbocycles. The minimum atomic E-state index is 0.575. The van der Waals surface area contributed by atoms with Gasteiger partial charge in [-0.05, 0) is 25.1 Å². The summed E-state index contributed by atoms with van der Waals surface area (Å²) in [7, 11) is 0. The van der Waals surface area contributed by atoms with Crippen LogP contribution in [0.5, 0.6) is 5.88 Å². The molecule has 2 heterocycles. The molecular formula is C11H11N3O. The third-order valence-corrected chi connectivity index (χ3v) is 1.86. The number of rotatable bonds is 3. The maximum Gasteiger partial charge on any atom is 0.224 e. The van der Waals surface area contributed by atoms with E-state index < -0.39 is 0 Å². The summed E-state index contributed by atoms with van der Waals surface area (Å²) in [5.41, 5.74) is 0.819. The van der Waals surface area contributed by atoms with Gasteiger partial charge in [-0.3, -0.25) is 0 Å². The van der Waals surface area contributed by atoms with E-state index in [-0.39, 0.29) is 0 Å². The van der Waals surface area contributed by atoms with E-state index in [1.54, 1.807) is 24.7 Å². The van der Waals surface area contributed by atoms with Gasteiger partial charge >= 0.3 is 0 Å². The second-order valence-corrected chi connectivity index (χ2v) is 2.86. The van der Waals surface area contributed by atoms with Gasteiger partial charge in [0.15, 0.2) is 5.82 Å². The van der Waals surface area contributed by atoms with Crippen molar-refractivity contribution in [2.75, 3.05) is 6.61 Å². The predicted octanol–water partition coefficient (Wildman–Crippen LogP) is 1.94. The molecule has 4 nitrogen and oxygen atoms in total. The standard InChI is InChI=1S/C11H11N3O/c1-2-15-11-9(5-3-6-14-11)10-12-7-4-8-13-10/h3-8H,2H2,1H3. The Bertz CT molecular complexity index is 431. The Balaban J connectivity index is 2.43. The Labute approximate surface area is 88.0 Å². The predicted molar refractivity (Wildman–Crippen MR) is 56.4 cm³/mol. The van der Waals surface area contributed by atoms with Crippen LogP contribution in [0.2, 0.25) is 0 Å². The Morgan fingerprint density at radius 2 is 1.80 bits per heavy atom. The van der Waals surface area contributed by atoms with Crippen molar-refractivity contribution in [2.45, 2.75) is 6.92 Å². The van der Waals surface area contributed by atoms with Crippen LogP contribution in [0.1, 0.15) is 6.92 Å². The van der Waals surface area contributed by atoms with Crippen LogP contribution in [-0.4, -0.2) is 21.6 Å². The fraction of sp³-hybridized carbons (Fsp3) is 0.182. The van der Waals surface area contributed by atoms with Gasteiger partial charge in [-0.2, -0.15) is 0 Å². The minimum absolute atomic E-state index is 0.575. The Kier molecular flexibility index (Phi) is 2.88. The van der Waals surface area contributed by atoms with E-state index in [1.807, 2.05) is 19.1 Å². The van der Waals surface area contributed by atoms with Crippen molar-refractivity contribution < 1.29 is 4.74 Å². The van der Waals surface area contributed by atoms with Crippen LogP contribution in [0, 0.1) is 0 Å². The van der Waals surface area contributed by atoms with Crippen LogP contribution in [0.15, 0.2) is 36.8 Å². The molecule has 2 aromatic heterocycles. The number of nitrogens with zero attached hydrogens (tertiary/aromatic N) is 3. The van der Waals surface area contributed by atoms with Crippen LogP contribution in [-0.2, 0) is 0 Å². The number of pyridine rings is 1. The Morgan fingerprint density at radius 3 is 2.53 bits per heavy atom. The largest absolute Gasteiger partial charge is 0.477 e. The molecule has 0 aliphatic heterocycles. The van der Waals surface area contributed by atoms with Crippen molar-refractivity contribution in [3.05, 3.63) is 36.8 Å². The summed E-state index contributed by atoms with van der Waals surface area (Å²) in [6.07, 6.45) is 5.09. The van der Waals surface area contributed by atoms with Crippen molar-refractivity contribution in [1.82, 2.24) is 15.0 Å². The quantitative estimate of drug-likeness (QED) is 0.761. The van der Waals surface area contributed by atoms with Gasteiger partial charge in [-0.25, -0.2) is 15.0 Å². The average molecular weight is 201 g/mol. The lowest BCUT2D eigenvalue weighted by molar-refractivity contribution is 0.328. The van der Waals surface area contributed by atoms with Crippen molar-refractivity contribution in [1.29, 1.82) is 0 Å². The van der Waals surface area contributed by atoms with Gasteiger partial charge < -0.3 is 4.74 Å². The second kappa shape index (κ2) is 4.50. The van der Waals surface area contributed by atoms with Crippen LogP contribution in [0.25, 0.3) is 11.4 Å². The molecule has 76 valence electrons. The number of ether oxygens (including phenoxy) is 1. The smallest absolute Gasteiger partial charge is 0.224 e. The summed E-state index contributed by atoms with van der Waals surface area (Å²) in [4.78, 5) is 12.5. The molecule has 0 atom stereocenters. The molecule has 2 aromatic rings. The van der Waals surface area contributed by atoms with Gasteiger partial charge in [0.25, 0.3) is 0 Å². The zero-order chi connectivity index (χ0) is 10.5. The first-order valence-electron chi connectivity index (χ1n) is 4.77. The fourth-order valence-corrected chi connectivity index (χ4v) is 1.25. The van der Waals surface area contributed by atoms with Crippen LogP contribution < -0.4 is 4.74 Å². The molecule has 0 aliphatic carbocycles. The van der Waals surface area contributed by atoms with Crippen molar-refractivity contribution >= 4 is 0 Å². The van der Waals surface area contributed by atoms with Gasteiger partial charge in [0.1, 0.15) is 0 Å². The highest BCUT2D eigenvalue weighted by Gasteiger charge is 2.08. The lowest BCUT2D eigenvalue weighted by Gasteiger charge is -2.06. The van der Waals surface area contributed by atoms with Gasteiger partial charge in [0.05, 0.1) is 12.2 Å². The zero-order valence-electron chi connectivity index (χ0n) is 8.42. The summed E-state index contributed by atoms with van der Waals surface area (Å²) >= 11 is 0. The van der Waals surface area contributed by atoms with Gasteiger partial charge in [0, 0.05) is 18.6 Å². The van der Waals surface area contributed by atoms with E-state index in [9.17, 15) is 0 Å². The number of hydrogen-bond acceptors (Lipinski definition) is 4. The first kappa shape index (κ1) is 9.58. The summed E-state index contributed by atoms with van der Waals surface area (Å²) in [6.45, 7) is 2.50. The van der Waals surface area contributed by atoms with E-state index in [0.29, 0.717) is 18.3 Å². The highest BCUT2D eigenvalue weighted by atomic mass is 16.5. The van der Waals surface area contributed by atoms with E-state index in [4.69, 9.17) is 4.74 Å². The van der Waals surface area contributed by atoms with E-state index in [0.717, 1.165) is 5.56 Å². The summed E-state index contributed by atoms with van der Waals surface area (Å²) in [5, 5.41) is 0. The molecule has 2 rings (SSSR count). The molecule has 0 amide bonds. The monoisotopic (exact) mass is 201 g/mol. The van der Waals surface area contributed by atoms with Crippen LogP contribution in [0.4, 0.5) is 0 Å². The molecule has 0 N–H and O–H groups in total. The summed E-state index contributed by atoms with van der Waals surface area (Å²) in [6, 6.07) is 5.52. The summed E-state index contributed by atoms with van der Waals surface area (Å²) in [5.74, 6) is 1.21. The van der Waals surface area contributed by atoms with Gasteiger partial charge in [0.2, 0.25) is 5.88 Å². The molecule has 0 saturated heterocycles. The molecule has 0 aromatic carbocycles. The first-order chi connectivity index (χ1) is 7.42. The lowest BCUT2D eigenvalue weighted by Crippen LogP contribution is -1.98. The molecule has 0 bridgehead atoms. The maximum atomic E-state index is 5.40. The molecule has 0 aliphatic rings. The highest BCUT2D eigenvalue weighted by Crippen LogP contribution is 2.23. The minimum Gasteiger partial charge on any atom is -0.477 e. The highest BCUT2D eigenvalue weighted by molar-refractivity contribution is 5.60. The normalized spacial score (nSPS) is 9.93. The van der Waals surface area contributed by atoms with E-state index >= 15 is 0 Å². The lowest BCUT2D eigenvalue weighted by atomic mass is 10.2. The molecule has 4 heteroatoms. The average Bonchev–Trinajstić information content (AvgIpc) is 2.31. The van der Waals surface area contributed by atoms with E-state index in [2.05, 4.69) is 15.0 Å². The van der Waals surface area contributed by atoms with Crippen molar-refractivity contribution in [2.24, 2.45) is 0 Å².